The average molecular weight is 498 g/mol. The van der Waals surface area contributed by atoms with Crippen LogP contribution in [0.1, 0.15) is 43.5 Å². The smallest absolute Gasteiger partial charge is 0.223 e. The van der Waals surface area contributed by atoms with Crippen LogP contribution in [0.25, 0.3) is 5.82 Å². The number of hydrogen-bond acceptors (Lipinski definition) is 7. The first-order valence-electron chi connectivity index (χ1n) is 11.1. The van der Waals surface area contributed by atoms with Crippen LogP contribution in [0.5, 0.6) is 0 Å². The Labute approximate surface area is 206 Å². The van der Waals surface area contributed by atoms with E-state index in [-0.39, 0.29) is 17.9 Å². The molecule has 5 rings (SSSR count). The molecule has 1 aliphatic rings. The van der Waals surface area contributed by atoms with E-state index in [0.717, 1.165) is 36.7 Å². The Balaban J connectivity index is 0.000000179. The van der Waals surface area contributed by atoms with Crippen LogP contribution in [0.15, 0.2) is 49.3 Å². The molecule has 1 amide bonds. The van der Waals surface area contributed by atoms with Gasteiger partial charge in [0, 0.05) is 23.9 Å². The van der Waals surface area contributed by atoms with Crippen molar-refractivity contribution in [3.8, 4) is 5.82 Å². The lowest BCUT2D eigenvalue weighted by Crippen LogP contribution is -2.36. The molecule has 0 spiro atoms. The molecule has 35 heavy (non-hydrogen) atoms. The zero-order chi connectivity index (χ0) is 24.8. The highest BCUT2D eigenvalue weighted by atomic mass is 35.5. The largest absolute Gasteiger partial charge is 0.349 e. The second-order valence-electron chi connectivity index (χ2n) is 8.19. The molecule has 0 aromatic carbocycles. The molecule has 1 atom stereocenters. The molecule has 1 fully saturated rings. The fourth-order valence-electron chi connectivity index (χ4n) is 3.31. The SMILES string of the molecule is CC(NC(=O)C1CCC1)c1ccc(-n2cc(F)cn2)nc1.Cc1cc(Nc2ncncc2Cl)n[nH]1. The highest BCUT2D eigenvalue weighted by molar-refractivity contribution is 6.32. The summed E-state index contributed by atoms with van der Waals surface area (Å²) in [6.07, 6.45) is 10.1. The van der Waals surface area contributed by atoms with Gasteiger partial charge in [-0.1, -0.05) is 24.1 Å². The highest BCUT2D eigenvalue weighted by Crippen LogP contribution is 2.27. The lowest BCUT2D eigenvalue weighted by Gasteiger charge is -2.26. The summed E-state index contributed by atoms with van der Waals surface area (Å²) in [6.45, 7) is 3.85. The minimum absolute atomic E-state index is 0.0889. The van der Waals surface area contributed by atoms with E-state index in [1.54, 1.807) is 12.3 Å². The van der Waals surface area contributed by atoms with Gasteiger partial charge in [0.05, 0.1) is 24.6 Å². The molecule has 3 N–H and O–H groups in total. The Bertz CT molecular complexity index is 1270. The van der Waals surface area contributed by atoms with E-state index in [9.17, 15) is 9.18 Å². The van der Waals surface area contributed by atoms with E-state index in [4.69, 9.17) is 11.6 Å². The minimum Gasteiger partial charge on any atom is -0.349 e. The number of pyridine rings is 1. The molecule has 182 valence electrons. The summed E-state index contributed by atoms with van der Waals surface area (Å²) in [4.78, 5) is 23.9. The van der Waals surface area contributed by atoms with Crippen LogP contribution in [0, 0.1) is 18.7 Å². The van der Waals surface area contributed by atoms with Crippen LogP contribution < -0.4 is 10.6 Å². The highest BCUT2D eigenvalue weighted by Gasteiger charge is 2.26. The summed E-state index contributed by atoms with van der Waals surface area (Å²) in [5, 5.41) is 17.1. The van der Waals surface area contributed by atoms with Gasteiger partial charge in [-0.2, -0.15) is 10.2 Å². The number of aryl methyl sites for hydroxylation is 1. The molecule has 1 aliphatic carbocycles. The molecule has 0 saturated heterocycles. The van der Waals surface area contributed by atoms with Gasteiger partial charge in [0.15, 0.2) is 23.3 Å². The zero-order valence-corrected chi connectivity index (χ0v) is 20.0. The summed E-state index contributed by atoms with van der Waals surface area (Å²) in [6, 6.07) is 5.40. The summed E-state index contributed by atoms with van der Waals surface area (Å²) in [7, 11) is 0. The predicted molar refractivity (Wildman–Crippen MR) is 129 cm³/mol. The van der Waals surface area contributed by atoms with Crippen LogP contribution in [-0.2, 0) is 4.79 Å². The third-order valence-electron chi connectivity index (χ3n) is 5.51. The number of nitrogens with one attached hydrogen (secondary N) is 3. The Morgan fingerprint density at radius 3 is 2.66 bits per heavy atom. The quantitative estimate of drug-likeness (QED) is 0.362. The van der Waals surface area contributed by atoms with Crippen LogP contribution in [0.4, 0.5) is 16.0 Å². The Kier molecular flexibility index (Phi) is 7.66. The summed E-state index contributed by atoms with van der Waals surface area (Å²) >= 11 is 5.86. The normalized spacial score (nSPS) is 13.8. The number of halogens is 2. The number of aromatic amines is 1. The number of aromatic nitrogens is 7. The van der Waals surface area contributed by atoms with Crippen molar-refractivity contribution >= 4 is 29.1 Å². The number of H-pyrrole nitrogens is 1. The minimum atomic E-state index is -0.401. The van der Waals surface area contributed by atoms with Crippen molar-refractivity contribution in [3.63, 3.8) is 0 Å². The number of carbonyl (C=O) groups is 1. The van der Waals surface area contributed by atoms with E-state index < -0.39 is 5.82 Å². The number of hydrogen-bond donors (Lipinski definition) is 3. The second kappa shape index (κ2) is 11.0. The second-order valence-corrected chi connectivity index (χ2v) is 8.60. The van der Waals surface area contributed by atoms with E-state index >= 15 is 0 Å². The third kappa shape index (κ3) is 6.38. The molecular weight excluding hydrogens is 473 g/mol. The van der Waals surface area contributed by atoms with Crippen LogP contribution in [-0.4, -0.2) is 40.8 Å². The molecule has 4 heterocycles. The standard InChI is InChI=1S/C15H17FN4O.C8H8ClN5/c1-10(19-15(21)11-3-2-4-11)12-5-6-14(17-7-12)20-9-13(16)8-18-20;1-5-2-7(14-13-5)12-8-6(9)3-10-4-11-8/h5-11H,2-4H2,1H3,(H,19,21);2-4H,1H3,(H2,10,11,12,13,14). The third-order valence-corrected chi connectivity index (χ3v) is 5.79. The zero-order valence-electron chi connectivity index (χ0n) is 19.2. The fraction of sp³-hybridized carbons (Fsp3) is 0.304. The molecular formula is C23H25ClFN9O. The van der Waals surface area contributed by atoms with Crippen molar-refractivity contribution in [1.29, 1.82) is 0 Å². The van der Waals surface area contributed by atoms with E-state index in [1.807, 2.05) is 26.0 Å². The van der Waals surface area contributed by atoms with Gasteiger partial charge in [-0.25, -0.2) is 24.0 Å². The van der Waals surface area contributed by atoms with Crippen molar-refractivity contribution in [2.75, 3.05) is 5.32 Å². The molecule has 4 aromatic rings. The maximum atomic E-state index is 12.9. The Morgan fingerprint density at radius 1 is 1.26 bits per heavy atom. The lowest BCUT2D eigenvalue weighted by atomic mass is 9.84. The number of amides is 1. The van der Waals surface area contributed by atoms with E-state index in [1.165, 1.54) is 23.4 Å². The maximum absolute atomic E-state index is 12.9. The number of nitrogens with zero attached hydrogens (tertiary/aromatic N) is 6. The molecule has 12 heteroatoms. The van der Waals surface area contributed by atoms with Crippen LogP contribution in [0.2, 0.25) is 5.02 Å². The number of anilines is 2. The van der Waals surface area contributed by atoms with Crippen LogP contribution >= 0.6 is 11.6 Å². The molecule has 10 nitrogen and oxygen atoms in total. The average Bonchev–Trinajstić information content (AvgIpc) is 3.42. The molecule has 1 saturated carbocycles. The molecule has 0 aliphatic heterocycles. The van der Waals surface area contributed by atoms with E-state index in [2.05, 4.69) is 40.9 Å². The van der Waals surface area contributed by atoms with Crippen molar-refractivity contribution in [1.82, 2.24) is 40.2 Å². The lowest BCUT2D eigenvalue weighted by molar-refractivity contribution is -0.128. The number of rotatable bonds is 6. The first-order valence-corrected chi connectivity index (χ1v) is 11.5. The monoisotopic (exact) mass is 497 g/mol. The van der Waals surface area contributed by atoms with Crippen molar-refractivity contribution < 1.29 is 9.18 Å². The number of carbonyl (C=O) groups excluding carboxylic acids is 1. The summed E-state index contributed by atoms with van der Waals surface area (Å²) in [5.41, 5.74) is 1.89. The van der Waals surface area contributed by atoms with Gasteiger partial charge in [-0.05, 0) is 38.3 Å². The topological polar surface area (TPSA) is 126 Å². The first kappa shape index (κ1) is 24.3. The summed E-state index contributed by atoms with van der Waals surface area (Å²) < 4.78 is 14.3. The predicted octanol–water partition coefficient (Wildman–Crippen LogP) is 4.29. The van der Waals surface area contributed by atoms with Gasteiger partial charge < -0.3 is 10.6 Å². The maximum Gasteiger partial charge on any atom is 0.223 e. The van der Waals surface area contributed by atoms with Crippen molar-refractivity contribution in [3.05, 3.63) is 71.4 Å². The fourth-order valence-corrected chi connectivity index (χ4v) is 3.46. The molecule has 0 radical (unpaired) electrons. The molecule has 1 unspecified atom stereocenters. The Hall–Kier alpha value is -3.86. The first-order chi connectivity index (χ1) is 16.9. The van der Waals surface area contributed by atoms with Crippen molar-refractivity contribution in [2.24, 2.45) is 5.92 Å². The van der Waals surface area contributed by atoms with Gasteiger partial charge in [-0.15, -0.1) is 0 Å². The van der Waals surface area contributed by atoms with Crippen LogP contribution in [0.3, 0.4) is 0 Å². The van der Waals surface area contributed by atoms with Gasteiger partial charge in [0.2, 0.25) is 5.91 Å². The van der Waals surface area contributed by atoms with Gasteiger partial charge in [0.1, 0.15) is 11.3 Å². The van der Waals surface area contributed by atoms with Gasteiger partial charge in [0.25, 0.3) is 0 Å². The van der Waals surface area contributed by atoms with E-state index in [0.29, 0.717) is 22.5 Å². The van der Waals surface area contributed by atoms with Crippen molar-refractivity contribution in [2.45, 2.75) is 39.2 Å². The van der Waals surface area contributed by atoms with Gasteiger partial charge in [-0.3, -0.25) is 9.89 Å². The van der Waals surface area contributed by atoms with Gasteiger partial charge >= 0.3 is 0 Å². The summed E-state index contributed by atoms with van der Waals surface area (Å²) in [5.74, 6) is 1.66. The molecule has 4 aromatic heterocycles. The Morgan fingerprint density at radius 2 is 2.09 bits per heavy atom. The molecule has 0 bridgehead atoms.